The molecule has 1 saturated heterocycles. The molecule has 0 bridgehead atoms. The van der Waals surface area contributed by atoms with Crippen LogP contribution in [0, 0.1) is 0 Å². The first-order valence-electron chi connectivity index (χ1n) is 6.54. The second-order valence-corrected chi connectivity index (χ2v) is 5.35. The molecule has 1 fully saturated rings. The van der Waals surface area contributed by atoms with Gasteiger partial charge in [0.05, 0.1) is 10.6 Å². The first kappa shape index (κ1) is 14.2. The molecule has 0 spiro atoms. The molecule has 4 nitrogen and oxygen atoms in total. The SMILES string of the molecule is CN(CCN1CCCC1)c1ccc(C(=O)O)c(Cl)c1. The third kappa shape index (κ3) is 3.61. The quantitative estimate of drug-likeness (QED) is 0.901. The minimum Gasteiger partial charge on any atom is -0.478 e. The summed E-state index contributed by atoms with van der Waals surface area (Å²) < 4.78 is 0. The summed E-state index contributed by atoms with van der Waals surface area (Å²) in [4.78, 5) is 15.5. The molecule has 1 aromatic carbocycles. The van der Waals surface area contributed by atoms with Gasteiger partial charge in [-0.15, -0.1) is 0 Å². The summed E-state index contributed by atoms with van der Waals surface area (Å²) in [5.74, 6) is -0.990. The van der Waals surface area contributed by atoms with Crippen molar-refractivity contribution in [3.8, 4) is 0 Å². The summed E-state index contributed by atoms with van der Waals surface area (Å²) in [6.45, 7) is 4.33. The summed E-state index contributed by atoms with van der Waals surface area (Å²) in [5, 5.41) is 9.23. The van der Waals surface area contributed by atoms with E-state index in [-0.39, 0.29) is 10.6 Å². The average molecular weight is 283 g/mol. The van der Waals surface area contributed by atoms with Gasteiger partial charge in [0, 0.05) is 25.8 Å². The van der Waals surface area contributed by atoms with Gasteiger partial charge in [0.15, 0.2) is 0 Å². The molecule has 1 N–H and O–H groups in total. The van der Waals surface area contributed by atoms with E-state index in [9.17, 15) is 4.79 Å². The van der Waals surface area contributed by atoms with Crippen LogP contribution in [0.15, 0.2) is 18.2 Å². The lowest BCUT2D eigenvalue weighted by atomic mass is 10.2. The number of likely N-dealkylation sites (tertiary alicyclic amines) is 1. The molecule has 5 heteroatoms. The molecule has 2 rings (SSSR count). The Balaban J connectivity index is 1.96. The van der Waals surface area contributed by atoms with Gasteiger partial charge in [-0.05, 0) is 44.1 Å². The van der Waals surface area contributed by atoms with Crippen LogP contribution >= 0.6 is 11.6 Å². The summed E-state index contributed by atoms with van der Waals surface area (Å²) in [6, 6.07) is 5.08. The van der Waals surface area contributed by atoms with E-state index < -0.39 is 5.97 Å². The second-order valence-electron chi connectivity index (χ2n) is 4.94. The number of hydrogen-bond donors (Lipinski definition) is 1. The van der Waals surface area contributed by atoms with E-state index in [1.54, 1.807) is 18.2 Å². The van der Waals surface area contributed by atoms with Crippen LogP contribution in [0.25, 0.3) is 0 Å². The molecule has 1 aromatic rings. The highest BCUT2D eigenvalue weighted by molar-refractivity contribution is 6.33. The molecule has 1 heterocycles. The van der Waals surface area contributed by atoms with Gasteiger partial charge in [0.25, 0.3) is 0 Å². The molecule has 0 unspecified atom stereocenters. The molecule has 19 heavy (non-hydrogen) atoms. The van der Waals surface area contributed by atoms with Crippen molar-refractivity contribution < 1.29 is 9.90 Å². The van der Waals surface area contributed by atoms with Crippen LogP contribution in [-0.4, -0.2) is 49.2 Å². The minimum absolute atomic E-state index is 0.151. The highest BCUT2D eigenvalue weighted by Gasteiger charge is 2.13. The predicted molar refractivity (Wildman–Crippen MR) is 77.4 cm³/mol. The highest BCUT2D eigenvalue weighted by atomic mass is 35.5. The molecule has 0 radical (unpaired) electrons. The van der Waals surface area contributed by atoms with Crippen molar-refractivity contribution in [1.82, 2.24) is 4.90 Å². The Labute approximate surface area is 118 Å². The van der Waals surface area contributed by atoms with Gasteiger partial charge < -0.3 is 14.9 Å². The molecule has 0 aromatic heterocycles. The monoisotopic (exact) mass is 282 g/mol. The van der Waals surface area contributed by atoms with Gasteiger partial charge in [0.1, 0.15) is 0 Å². The van der Waals surface area contributed by atoms with E-state index in [4.69, 9.17) is 16.7 Å². The average Bonchev–Trinajstić information content (AvgIpc) is 2.88. The van der Waals surface area contributed by atoms with Gasteiger partial charge in [-0.3, -0.25) is 0 Å². The first-order valence-corrected chi connectivity index (χ1v) is 6.92. The molecular formula is C14H19ClN2O2. The van der Waals surface area contributed by atoms with E-state index in [1.807, 2.05) is 7.05 Å². The topological polar surface area (TPSA) is 43.8 Å². The number of hydrogen-bond acceptors (Lipinski definition) is 3. The molecule has 0 aliphatic carbocycles. The van der Waals surface area contributed by atoms with Crippen molar-refractivity contribution in [2.75, 3.05) is 38.1 Å². The van der Waals surface area contributed by atoms with Crippen molar-refractivity contribution in [1.29, 1.82) is 0 Å². The van der Waals surface area contributed by atoms with Gasteiger partial charge >= 0.3 is 5.97 Å². The van der Waals surface area contributed by atoms with Crippen LogP contribution in [0.2, 0.25) is 5.02 Å². The number of nitrogens with zero attached hydrogens (tertiary/aromatic N) is 2. The number of carboxylic acids is 1. The Bertz CT molecular complexity index is 459. The number of likely N-dealkylation sites (N-methyl/N-ethyl adjacent to an activating group) is 1. The Morgan fingerprint density at radius 2 is 2.11 bits per heavy atom. The highest BCUT2D eigenvalue weighted by Crippen LogP contribution is 2.23. The van der Waals surface area contributed by atoms with E-state index in [0.29, 0.717) is 0 Å². The largest absolute Gasteiger partial charge is 0.478 e. The Morgan fingerprint density at radius 1 is 1.42 bits per heavy atom. The third-order valence-electron chi connectivity index (χ3n) is 3.57. The number of benzene rings is 1. The fourth-order valence-corrected chi connectivity index (χ4v) is 2.60. The molecule has 1 aliphatic heterocycles. The van der Waals surface area contributed by atoms with E-state index >= 15 is 0 Å². The molecular weight excluding hydrogens is 264 g/mol. The van der Waals surface area contributed by atoms with Gasteiger partial charge in [-0.1, -0.05) is 11.6 Å². The van der Waals surface area contributed by atoms with E-state index in [1.165, 1.54) is 25.9 Å². The zero-order chi connectivity index (χ0) is 13.8. The number of carboxylic acid groups (broad SMARTS) is 1. The van der Waals surface area contributed by atoms with E-state index in [0.717, 1.165) is 18.8 Å². The van der Waals surface area contributed by atoms with Gasteiger partial charge in [-0.2, -0.15) is 0 Å². The Kier molecular flexibility index (Phi) is 4.66. The zero-order valence-corrected chi connectivity index (χ0v) is 11.9. The summed E-state index contributed by atoms with van der Waals surface area (Å²) >= 11 is 5.98. The number of anilines is 1. The van der Waals surface area contributed by atoms with Crippen LogP contribution in [0.1, 0.15) is 23.2 Å². The summed E-state index contributed by atoms with van der Waals surface area (Å²) in [6.07, 6.45) is 2.59. The predicted octanol–water partition coefficient (Wildman–Crippen LogP) is 2.57. The standard InChI is InChI=1S/C14H19ClN2O2/c1-16(8-9-17-6-2-3-7-17)11-4-5-12(14(18)19)13(15)10-11/h4-5,10H,2-3,6-9H2,1H3,(H,18,19). The molecule has 0 amide bonds. The Hall–Kier alpha value is -1.26. The number of rotatable bonds is 5. The minimum atomic E-state index is -0.990. The van der Waals surface area contributed by atoms with Crippen LogP contribution in [-0.2, 0) is 0 Å². The smallest absolute Gasteiger partial charge is 0.337 e. The van der Waals surface area contributed by atoms with Crippen LogP contribution in [0.3, 0.4) is 0 Å². The van der Waals surface area contributed by atoms with Gasteiger partial charge in [-0.25, -0.2) is 4.79 Å². The van der Waals surface area contributed by atoms with Crippen molar-refractivity contribution in [2.24, 2.45) is 0 Å². The number of aromatic carboxylic acids is 1. The molecule has 104 valence electrons. The lowest BCUT2D eigenvalue weighted by molar-refractivity contribution is 0.0697. The van der Waals surface area contributed by atoms with Crippen LogP contribution in [0.4, 0.5) is 5.69 Å². The van der Waals surface area contributed by atoms with Crippen molar-refractivity contribution in [2.45, 2.75) is 12.8 Å². The van der Waals surface area contributed by atoms with Crippen LogP contribution < -0.4 is 4.90 Å². The van der Waals surface area contributed by atoms with Crippen molar-refractivity contribution in [3.63, 3.8) is 0 Å². The Morgan fingerprint density at radius 3 is 2.68 bits per heavy atom. The maximum absolute atomic E-state index is 10.9. The fraction of sp³-hybridized carbons (Fsp3) is 0.500. The van der Waals surface area contributed by atoms with Crippen molar-refractivity contribution >= 4 is 23.3 Å². The maximum Gasteiger partial charge on any atom is 0.337 e. The normalized spacial score (nSPS) is 15.7. The van der Waals surface area contributed by atoms with Gasteiger partial charge in [0.2, 0.25) is 0 Å². The number of carbonyl (C=O) groups is 1. The first-order chi connectivity index (χ1) is 9.08. The summed E-state index contributed by atoms with van der Waals surface area (Å²) in [5.41, 5.74) is 1.10. The lowest BCUT2D eigenvalue weighted by Gasteiger charge is -2.23. The fourth-order valence-electron chi connectivity index (χ4n) is 2.34. The molecule has 0 atom stereocenters. The summed E-state index contributed by atoms with van der Waals surface area (Å²) in [7, 11) is 2.00. The van der Waals surface area contributed by atoms with Crippen LogP contribution in [0.5, 0.6) is 0 Å². The number of halogens is 1. The molecule has 1 aliphatic rings. The lowest BCUT2D eigenvalue weighted by Crippen LogP contribution is -2.31. The van der Waals surface area contributed by atoms with Crippen molar-refractivity contribution in [3.05, 3.63) is 28.8 Å². The van der Waals surface area contributed by atoms with E-state index in [2.05, 4.69) is 9.80 Å². The molecule has 0 saturated carbocycles. The maximum atomic E-state index is 10.9. The third-order valence-corrected chi connectivity index (χ3v) is 3.89. The zero-order valence-electron chi connectivity index (χ0n) is 11.1. The second kappa shape index (κ2) is 6.26.